The van der Waals surface area contributed by atoms with Gasteiger partial charge in [0.25, 0.3) is 0 Å². The van der Waals surface area contributed by atoms with Crippen LogP contribution in [0, 0.1) is 6.92 Å². The van der Waals surface area contributed by atoms with Gasteiger partial charge in [0, 0.05) is 33.5 Å². The summed E-state index contributed by atoms with van der Waals surface area (Å²) in [5.41, 5.74) is 1.06. The number of pyridine rings is 1. The molecular weight excluding hydrogens is 693 g/mol. The van der Waals surface area contributed by atoms with Gasteiger partial charge in [0.2, 0.25) is 5.88 Å². The fourth-order valence-electron chi connectivity index (χ4n) is 5.01. The van der Waals surface area contributed by atoms with Crippen molar-refractivity contribution >= 4 is 30.4 Å². The van der Waals surface area contributed by atoms with Gasteiger partial charge in [-0.25, -0.2) is 14.5 Å². The van der Waals surface area contributed by atoms with Crippen LogP contribution in [-0.4, -0.2) is 56.1 Å². The van der Waals surface area contributed by atoms with E-state index in [4.69, 9.17) is 30.5 Å². The molecule has 1 atom stereocenters. The molecule has 0 N–H and O–H groups in total. The number of hydrogen-bond donors (Lipinski definition) is 0. The Bertz CT molecular complexity index is 1990. The number of aromatic nitrogens is 6. The molecule has 0 aliphatic rings. The second-order valence-corrected chi connectivity index (χ2v) is 18.9. The second-order valence-electron chi connectivity index (χ2n) is 12.9. The topological polar surface area (TPSA) is 107 Å². The number of alkyl halides is 3. The highest BCUT2D eigenvalue weighted by Crippen LogP contribution is 2.41. The number of nitrogens with zero attached hydrogens (tertiary/aromatic N) is 6. The average molecular weight is 733 g/mol. The van der Waals surface area contributed by atoms with E-state index >= 15 is 0 Å². The van der Waals surface area contributed by atoms with E-state index in [9.17, 15) is 18.0 Å². The normalized spacial score (nSPS) is 12.8. The average Bonchev–Trinajstić information content (AvgIpc) is 3.52. The summed E-state index contributed by atoms with van der Waals surface area (Å²) >= 11 is 6.65. The molecule has 2 aromatic carbocycles. The lowest BCUT2D eigenvalue weighted by Gasteiger charge is -2.20. The molecule has 0 radical (unpaired) electrons. The van der Waals surface area contributed by atoms with Crippen molar-refractivity contribution in [2.75, 3.05) is 6.61 Å². The lowest BCUT2D eigenvalue weighted by Crippen LogP contribution is -2.31. The van der Waals surface area contributed by atoms with Crippen molar-refractivity contribution in [2.24, 2.45) is 0 Å². The summed E-state index contributed by atoms with van der Waals surface area (Å²) in [4.78, 5) is 17.9. The van der Waals surface area contributed by atoms with Crippen LogP contribution >= 0.6 is 11.6 Å². The molecule has 0 saturated heterocycles. The van der Waals surface area contributed by atoms with Crippen LogP contribution in [0.15, 0.2) is 59.5 Å². The van der Waals surface area contributed by atoms with Crippen LogP contribution in [0.4, 0.5) is 13.2 Å². The quantitative estimate of drug-likeness (QED) is 0.0790. The Labute approximate surface area is 293 Å². The minimum Gasteiger partial charge on any atom is -0.480 e. The summed E-state index contributed by atoms with van der Waals surface area (Å²) in [5, 5.41) is 9.57. The molecular formula is C34H40ClF3N6O5Si. The predicted octanol–water partition coefficient (Wildman–Crippen LogP) is 7.91. The Balaban J connectivity index is 1.51. The third-order valence-electron chi connectivity index (χ3n) is 7.81. The van der Waals surface area contributed by atoms with Gasteiger partial charge in [0.15, 0.2) is 22.8 Å². The minimum atomic E-state index is -4.69. The molecule has 16 heteroatoms. The van der Waals surface area contributed by atoms with Crippen molar-refractivity contribution in [1.82, 2.24) is 29.1 Å². The highest BCUT2D eigenvalue weighted by atomic mass is 35.5. The first-order chi connectivity index (χ1) is 23.7. The van der Waals surface area contributed by atoms with E-state index in [1.54, 1.807) is 26.0 Å². The summed E-state index contributed by atoms with van der Waals surface area (Å²) in [6, 6.07) is 15.0. The molecule has 0 saturated carbocycles. The molecule has 0 amide bonds. The van der Waals surface area contributed by atoms with Gasteiger partial charge in [0.1, 0.15) is 24.8 Å². The van der Waals surface area contributed by atoms with Crippen molar-refractivity contribution in [3.8, 4) is 23.1 Å². The molecule has 50 heavy (non-hydrogen) atoms. The summed E-state index contributed by atoms with van der Waals surface area (Å²) < 4.78 is 68.8. The maximum absolute atomic E-state index is 13.8. The van der Waals surface area contributed by atoms with Crippen LogP contribution in [0.25, 0.3) is 16.5 Å². The van der Waals surface area contributed by atoms with Gasteiger partial charge in [-0.1, -0.05) is 61.6 Å². The Morgan fingerprint density at radius 1 is 1.02 bits per heavy atom. The second kappa shape index (κ2) is 15.4. The Hall–Kier alpha value is -4.18. The number of halogens is 4. The fourth-order valence-corrected chi connectivity index (χ4v) is 6.03. The summed E-state index contributed by atoms with van der Waals surface area (Å²) in [6.45, 7) is 12.4. The van der Waals surface area contributed by atoms with Crippen LogP contribution in [0.2, 0.25) is 30.8 Å². The van der Waals surface area contributed by atoms with E-state index in [1.165, 1.54) is 21.5 Å². The molecule has 268 valence electrons. The Morgan fingerprint density at radius 3 is 2.44 bits per heavy atom. The van der Waals surface area contributed by atoms with Crippen molar-refractivity contribution in [3.63, 3.8) is 0 Å². The molecule has 0 fully saturated rings. The largest absolute Gasteiger partial charge is 0.480 e. The van der Waals surface area contributed by atoms with Crippen LogP contribution < -0.4 is 15.2 Å². The molecule has 5 rings (SSSR count). The number of benzene rings is 2. The number of fused-ring (bicyclic) bond motifs is 1. The zero-order valence-corrected chi connectivity index (χ0v) is 30.5. The van der Waals surface area contributed by atoms with Crippen molar-refractivity contribution in [3.05, 3.63) is 87.4 Å². The van der Waals surface area contributed by atoms with E-state index in [0.29, 0.717) is 36.7 Å². The van der Waals surface area contributed by atoms with Crippen molar-refractivity contribution in [1.29, 1.82) is 0 Å². The van der Waals surface area contributed by atoms with E-state index in [1.807, 2.05) is 30.3 Å². The summed E-state index contributed by atoms with van der Waals surface area (Å²) in [6.07, 6.45) is -5.46. The lowest BCUT2D eigenvalue weighted by atomic mass is 10.1. The minimum absolute atomic E-state index is 0.0338. The van der Waals surface area contributed by atoms with Gasteiger partial charge >= 0.3 is 11.9 Å². The third-order valence-corrected chi connectivity index (χ3v) is 9.88. The summed E-state index contributed by atoms with van der Waals surface area (Å²) in [7, 11) is -1.30. The number of rotatable bonds is 15. The number of hydrogen-bond acceptors (Lipinski definition) is 8. The van der Waals surface area contributed by atoms with Crippen LogP contribution in [0.3, 0.4) is 0 Å². The Kier molecular flexibility index (Phi) is 11.4. The number of ether oxygens (including phenoxy) is 4. The van der Waals surface area contributed by atoms with Crippen LogP contribution in [0.1, 0.15) is 30.9 Å². The Morgan fingerprint density at radius 2 is 1.76 bits per heavy atom. The van der Waals surface area contributed by atoms with Crippen molar-refractivity contribution < 1.29 is 32.1 Å². The highest BCUT2D eigenvalue weighted by Gasteiger charge is 2.38. The highest BCUT2D eigenvalue weighted by molar-refractivity contribution is 6.76. The van der Waals surface area contributed by atoms with Gasteiger partial charge in [-0.3, -0.25) is 4.57 Å². The van der Waals surface area contributed by atoms with E-state index in [0.717, 1.165) is 23.2 Å². The maximum Gasteiger partial charge on any atom is 0.425 e. The molecule has 5 aromatic rings. The zero-order valence-electron chi connectivity index (χ0n) is 28.8. The number of aryl methyl sites for hydroxylation is 1. The van der Waals surface area contributed by atoms with Crippen molar-refractivity contribution in [2.45, 2.75) is 85.2 Å². The molecule has 11 nitrogen and oxygen atoms in total. The van der Waals surface area contributed by atoms with Gasteiger partial charge in [-0.15, -0.1) is 5.10 Å². The molecule has 3 aromatic heterocycles. The molecule has 0 aliphatic carbocycles. The standard InChI is InChI=1S/C34H40ClF3N6O5Si/c1-7-42-28(20-47-19-24-11-9-8-10-12-24)41-44(33(42)45)26-17-25-13-14-39-32(29(25)27(18-26)48-23(3)34(36,37)38)49-30-22(2)40-43(31(30)35)21-46-15-16-50(4,5)6/h8-14,17-18,23H,7,15-16,19-21H2,1-6H3. The lowest BCUT2D eigenvalue weighted by molar-refractivity contribution is -0.189. The van der Waals surface area contributed by atoms with E-state index < -0.39 is 26.0 Å². The molecule has 0 spiro atoms. The van der Waals surface area contributed by atoms with Gasteiger partial charge in [-0.2, -0.15) is 23.0 Å². The van der Waals surface area contributed by atoms with E-state index in [-0.39, 0.29) is 46.9 Å². The summed E-state index contributed by atoms with van der Waals surface area (Å²) in [5.74, 6) is 0.229. The van der Waals surface area contributed by atoms with Gasteiger partial charge in [0.05, 0.1) is 17.7 Å². The van der Waals surface area contributed by atoms with Gasteiger partial charge < -0.3 is 18.9 Å². The molecule has 3 heterocycles. The zero-order chi connectivity index (χ0) is 36.2. The first-order valence-electron chi connectivity index (χ1n) is 16.1. The molecule has 0 bridgehead atoms. The smallest absolute Gasteiger partial charge is 0.425 e. The van der Waals surface area contributed by atoms with Crippen LogP contribution in [0.5, 0.6) is 17.4 Å². The SMILES string of the molecule is CCn1c(COCc2ccccc2)nn(-c2cc(OC(C)C(F)(F)F)c3c(Oc4c(C)nn(COCC[Si](C)(C)C)c4Cl)nccc3c2)c1=O. The molecule has 1 unspecified atom stereocenters. The van der Waals surface area contributed by atoms with Gasteiger partial charge in [-0.05, 0) is 49.9 Å². The first-order valence-corrected chi connectivity index (χ1v) is 20.2. The molecule has 0 aliphatic heterocycles. The predicted molar refractivity (Wildman–Crippen MR) is 186 cm³/mol. The third kappa shape index (κ3) is 8.75. The monoisotopic (exact) mass is 732 g/mol. The first kappa shape index (κ1) is 37.1. The maximum atomic E-state index is 13.8. The fraction of sp³-hybridized carbons (Fsp3) is 0.412. The van der Waals surface area contributed by atoms with Crippen LogP contribution in [-0.2, 0) is 36.0 Å². The van der Waals surface area contributed by atoms with E-state index in [2.05, 4.69) is 34.8 Å².